The first-order chi connectivity index (χ1) is 12.6. The van der Waals surface area contributed by atoms with Gasteiger partial charge >= 0.3 is 0 Å². The molecule has 0 saturated carbocycles. The molecular formula is C20H16N2O4. The number of para-hydroxylation sites is 1. The molecule has 0 aromatic heterocycles. The molecule has 1 amide bonds. The fourth-order valence-corrected chi connectivity index (χ4v) is 2.49. The van der Waals surface area contributed by atoms with Crippen LogP contribution in [0.2, 0.25) is 0 Å². The van der Waals surface area contributed by atoms with Crippen LogP contribution in [0.3, 0.4) is 0 Å². The standard InChI is InChI=1S/C20H16N2O4/c23-20(21-16-9-6-10-17(13-16)22(24)25)14-26-19-12-5-4-11-18(19)15-7-2-1-3-8-15/h1-13H,14H2,(H,21,23). The molecule has 3 aromatic rings. The summed E-state index contributed by atoms with van der Waals surface area (Å²) in [5, 5.41) is 13.4. The summed E-state index contributed by atoms with van der Waals surface area (Å²) in [4.78, 5) is 22.4. The number of ether oxygens (including phenoxy) is 1. The number of hydrogen-bond donors (Lipinski definition) is 1. The molecule has 0 atom stereocenters. The van der Waals surface area contributed by atoms with E-state index < -0.39 is 10.8 Å². The Morgan fingerprint density at radius 2 is 1.69 bits per heavy atom. The Labute approximate surface area is 150 Å². The number of non-ortho nitro benzene ring substituents is 1. The van der Waals surface area contributed by atoms with Crippen LogP contribution in [0.15, 0.2) is 78.9 Å². The SMILES string of the molecule is O=C(COc1ccccc1-c1ccccc1)Nc1cccc([N+](=O)[O-])c1. The first-order valence-corrected chi connectivity index (χ1v) is 7.95. The lowest BCUT2D eigenvalue weighted by Crippen LogP contribution is -2.20. The molecule has 0 radical (unpaired) electrons. The number of nitrogens with one attached hydrogen (secondary N) is 1. The number of amides is 1. The maximum atomic E-state index is 12.1. The van der Waals surface area contributed by atoms with Crippen molar-refractivity contribution in [3.63, 3.8) is 0 Å². The fraction of sp³-hybridized carbons (Fsp3) is 0.0500. The zero-order valence-electron chi connectivity index (χ0n) is 13.8. The van der Waals surface area contributed by atoms with Gasteiger partial charge in [-0.3, -0.25) is 14.9 Å². The number of nitro benzene ring substituents is 1. The van der Waals surface area contributed by atoms with E-state index >= 15 is 0 Å². The summed E-state index contributed by atoms with van der Waals surface area (Å²) in [7, 11) is 0. The van der Waals surface area contributed by atoms with Crippen molar-refractivity contribution in [1.82, 2.24) is 0 Å². The van der Waals surface area contributed by atoms with Crippen molar-refractivity contribution in [3.05, 3.63) is 89.0 Å². The zero-order valence-corrected chi connectivity index (χ0v) is 13.8. The molecule has 1 N–H and O–H groups in total. The van der Waals surface area contributed by atoms with Gasteiger partial charge in [-0.15, -0.1) is 0 Å². The van der Waals surface area contributed by atoms with Gasteiger partial charge in [0.1, 0.15) is 5.75 Å². The Morgan fingerprint density at radius 3 is 2.46 bits per heavy atom. The summed E-state index contributed by atoms with van der Waals surface area (Å²) in [6, 6.07) is 22.9. The molecule has 0 unspecified atom stereocenters. The molecule has 0 aliphatic carbocycles. The minimum atomic E-state index is -0.512. The first-order valence-electron chi connectivity index (χ1n) is 7.95. The van der Waals surface area contributed by atoms with Gasteiger partial charge in [-0.2, -0.15) is 0 Å². The summed E-state index contributed by atoms with van der Waals surface area (Å²) in [6.07, 6.45) is 0. The number of carbonyl (C=O) groups excluding carboxylic acids is 1. The van der Waals surface area contributed by atoms with Crippen LogP contribution < -0.4 is 10.1 Å². The van der Waals surface area contributed by atoms with E-state index in [4.69, 9.17) is 4.74 Å². The van der Waals surface area contributed by atoms with Crippen LogP contribution in [0.25, 0.3) is 11.1 Å². The van der Waals surface area contributed by atoms with Gasteiger partial charge in [0.2, 0.25) is 0 Å². The second-order valence-electron chi connectivity index (χ2n) is 5.51. The van der Waals surface area contributed by atoms with Crippen LogP contribution >= 0.6 is 0 Å². The molecule has 3 rings (SSSR count). The second kappa shape index (κ2) is 7.94. The minimum Gasteiger partial charge on any atom is -0.483 e. The van der Waals surface area contributed by atoms with Crippen LogP contribution in [-0.4, -0.2) is 17.4 Å². The van der Waals surface area contributed by atoms with Crippen LogP contribution in [0, 0.1) is 10.1 Å². The molecule has 0 saturated heterocycles. The van der Waals surface area contributed by atoms with Gasteiger partial charge in [-0.05, 0) is 17.7 Å². The van der Waals surface area contributed by atoms with Crippen molar-refractivity contribution in [2.45, 2.75) is 0 Å². The number of nitro groups is 1. The third kappa shape index (κ3) is 4.24. The number of hydrogen-bond acceptors (Lipinski definition) is 4. The lowest BCUT2D eigenvalue weighted by molar-refractivity contribution is -0.384. The van der Waals surface area contributed by atoms with E-state index in [-0.39, 0.29) is 12.3 Å². The van der Waals surface area contributed by atoms with Crippen molar-refractivity contribution >= 4 is 17.3 Å². The van der Waals surface area contributed by atoms with E-state index in [0.29, 0.717) is 11.4 Å². The quantitative estimate of drug-likeness (QED) is 0.532. The van der Waals surface area contributed by atoms with E-state index in [1.54, 1.807) is 12.1 Å². The third-order valence-electron chi connectivity index (χ3n) is 3.67. The van der Waals surface area contributed by atoms with E-state index in [0.717, 1.165) is 11.1 Å². The molecule has 6 heteroatoms. The van der Waals surface area contributed by atoms with Gasteiger partial charge in [0.25, 0.3) is 11.6 Å². The lowest BCUT2D eigenvalue weighted by atomic mass is 10.1. The normalized spacial score (nSPS) is 10.2. The molecule has 0 aliphatic heterocycles. The summed E-state index contributed by atoms with van der Waals surface area (Å²) in [5.41, 5.74) is 2.14. The third-order valence-corrected chi connectivity index (χ3v) is 3.67. The van der Waals surface area contributed by atoms with Crippen molar-refractivity contribution < 1.29 is 14.5 Å². The maximum absolute atomic E-state index is 12.1. The number of benzene rings is 3. The zero-order chi connectivity index (χ0) is 18.4. The average Bonchev–Trinajstić information content (AvgIpc) is 2.67. The van der Waals surface area contributed by atoms with Crippen molar-refractivity contribution in [2.75, 3.05) is 11.9 Å². The van der Waals surface area contributed by atoms with Crippen molar-refractivity contribution in [1.29, 1.82) is 0 Å². The highest BCUT2D eigenvalue weighted by molar-refractivity contribution is 5.92. The van der Waals surface area contributed by atoms with Gasteiger partial charge in [0.15, 0.2) is 6.61 Å². The molecule has 6 nitrogen and oxygen atoms in total. The summed E-state index contributed by atoms with van der Waals surface area (Å²) < 4.78 is 5.66. The molecule has 0 fully saturated rings. The van der Waals surface area contributed by atoms with E-state index in [1.165, 1.54) is 18.2 Å². The maximum Gasteiger partial charge on any atom is 0.271 e. The van der Waals surface area contributed by atoms with E-state index in [2.05, 4.69) is 5.32 Å². The molecule has 26 heavy (non-hydrogen) atoms. The summed E-state index contributed by atoms with van der Waals surface area (Å²) >= 11 is 0. The van der Waals surface area contributed by atoms with Crippen LogP contribution in [-0.2, 0) is 4.79 Å². The molecule has 0 spiro atoms. The Morgan fingerprint density at radius 1 is 0.962 bits per heavy atom. The summed E-state index contributed by atoms with van der Waals surface area (Å²) in [6.45, 7) is -0.202. The predicted molar refractivity (Wildman–Crippen MR) is 99.1 cm³/mol. The van der Waals surface area contributed by atoms with Gasteiger partial charge < -0.3 is 10.1 Å². The first kappa shape index (κ1) is 17.2. The smallest absolute Gasteiger partial charge is 0.271 e. The van der Waals surface area contributed by atoms with Gasteiger partial charge in [0, 0.05) is 23.4 Å². The number of nitrogens with zero attached hydrogens (tertiary/aromatic N) is 1. The van der Waals surface area contributed by atoms with Crippen LogP contribution in [0.5, 0.6) is 5.75 Å². The average molecular weight is 348 g/mol. The number of anilines is 1. The highest BCUT2D eigenvalue weighted by Crippen LogP contribution is 2.29. The lowest BCUT2D eigenvalue weighted by Gasteiger charge is -2.12. The molecular weight excluding hydrogens is 332 g/mol. The largest absolute Gasteiger partial charge is 0.483 e. The van der Waals surface area contributed by atoms with Crippen molar-refractivity contribution in [3.8, 4) is 16.9 Å². The molecule has 0 bridgehead atoms. The van der Waals surface area contributed by atoms with E-state index in [9.17, 15) is 14.9 Å². The molecule has 0 heterocycles. The van der Waals surface area contributed by atoms with Gasteiger partial charge in [-0.25, -0.2) is 0 Å². The molecule has 3 aromatic carbocycles. The summed E-state index contributed by atoms with van der Waals surface area (Å²) in [5.74, 6) is 0.196. The van der Waals surface area contributed by atoms with Crippen molar-refractivity contribution in [2.24, 2.45) is 0 Å². The Balaban J connectivity index is 1.67. The highest BCUT2D eigenvalue weighted by Gasteiger charge is 2.10. The number of rotatable bonds is 6. The van der Waals surface area contributed by atoms with Crippen LogP contribution in [0.4, 0.5) is 11.4 Å². The minimum absolute atomic E-state index is 0.0851. The topological polar surface area (TPSA) is 81.5 Å². The number of carbonyl (C=O) groups is 1. The van der Waals surface area contributed by atoms with E-state index in [1.807, 2.05) is 48.5 Å². The highest BCUT2D eigenvalue weighted by atomic mass is 16.6. The Kier molecular flexibility index (Phi) is 5.24. The second-order valence-corrected chi connectivity index (χ2v) is 5.51. The molecule has 0 aliphatic rings. The Bertz CT molecular complexity index is 926. The predicted octanol–water partition coefficient (Wildman–Crippen LogP) is 4.28. The Hall–Kier alpha value is -3.67. The van der Waals surface area contributed by atoms with Gasteiger partial charge in [-0.1, -0.05) is 54.6 Å². The fourth-order valence-electron chi connectivity index (χ4n) is 2.49. The van der Waals surface area contributed by atoms with Gasteiger partial charge in [0.05, 0.1) is 4.92 Å². The van der Waals surface area contributed by atoms with Crippen LogP contribution in [0.1, 0.15) is 0 Å². The monoisotopic (exact) mass is 348 g/mol. The molecule has 130 valence electrons.